The molecule has 2 aromatic heterocycles. The van der Waals surface area contributed by atoms with Gasteiger partial charge in [-0.15, -0.1) is 11.3 Å². The van der Waals surface area contributed by atoms with Crippen molar-refractivity contribution in [2.45, 2.75) is 26.8 Å². The fraction of sp³-hybridized carbons (Fsp3) is 0.292. The van der Waals surface area contributed by atoms with E-state index < -0.39 is 12.0 Å². The molecule has 32 heavy (non-hydrogen) atoms. The lowest BCUT2D eigenvalue weighted by atomic mass is 10.0. The molecular formula is C24H24N2O4S2. The average Bonchev–Trinajstić information content (AvgIpc) is 3.40. The van der Waals surface area contributed by atoms with Gasteiger partial charge in [0.15, 0.2) is 4.80 Å². The molecule has 0 N–H and O–H groups in total. The summed E-state index contributed by atoms with van der Waals surface area (Å²) in [4.78, 5) is 32.6. The van der Waals surface area contributed by atoms with E-state index in [0.717, 1.165) is 10.4 Å². The molecule has 0 unspecified atom stereocenters. The van der Waals surface area contributed by atoms with Gasteiger partial charge in [0, 0.05) is 4.88 Å². The van der Waals surface area contributed by atoms with Crippen LogP contribution in [0.2, 0.25) is 0 Å². The van der Waals surface area contributed by atoms with Crippen molar-refractivity contribution < 1.29 is 14.3 Å². The highest BCUT2D eigenvalue weighted by atomic mass is 32.1. The number of hydrogen-bond acceptors (Lipinski definition) is 7. The van der Waals surface area contributed by atoms with Crippen LogP contribution in [0.25, 0.3) is 6.08 Å². The Hall–Kier alpha value is -2.97. The quantitative estimate of drug-likeness (QED) is 0.519. The van der Waals surface area contributed by atoms with E-state index in [0.29, 0.717) is 33.0 Å². The minimum absolute atomic E-state index is 0.184. The largest absolute Gasteiger partial charge is 0.497 e. The second kappa shape index (κ2) is 9.26. The zero-order chi connectivity index (χ0) is 22.8. The van der Waals surface area contributed by atoms with Gasteiger partial charge in [0.1, 0.15) is 11.8 Å². The second-order valence-electron chi connectivity index (χ2n) is 7.87. The number of methoxy groups -OCH3 is 1. The van der Waals surface area contributed by atoms with Crippen molar-refractivity contribution >= 4 is 34.7 Å². The van der Waals surface area contributed by atoms with Crippen molar-refractivity contribution in [3.63, 3.8) is 0 Å². The summed E-state index contributed by atoms with van der Waals surface area (Å²) in [5.41, 5.74) is 1.66. The Morgan fingerprint density at radius 1 is 1.28 bits per heavy atom. The van der Waals surface area contributed by atoms with E-state index in [1.165, 1.54) is 22.7 Å². The van der Waals surface area contributed by atoms with Gasteiger partial charge in [0.25, 0.3) is 5.56 Å². The lowest BCUT2D eigenvalue weighted by molar-refractivity contribution is -0.140. The minimum atomic E-state index is -0.557. The standard InChI is InChI=1S/C24H24N2O4S2/c1-14(2)13-30-23(28)20-15(3)25-24-26(21(20)18-9-6-10-31-18)22(27)19(32-24)12-16-7-5-8-17(11-16)29-4/h5-12,14,21H,13H2,1-4H3/b19-12+/t21-/m1/s1. The number of hydrogen-bond donors (Lipinski definition) is 0. The lowest BCUT2D eigenvalue weighted by Gasteiger charge is -2.23. The lowest BCUT2D eigenvalue weighted by Crippen LogP contribution is -2.39. The molecule has 0 amide bonds. The van der Waals surface area contributed by atoms with Crippen molar-refractivity contribution in [3.8, 4) is 5.75 Å². The average molecular weight is 469 g/mol. The zero-order valence-electron chi connectivity index (χ0n) is 18.3. The Balaban J connectivity index is 1.86. The van der Waals surface area contributed by atoms with E-state index in [2.05, 4.69) is 4.99 Å². The highest BCUT2D eigenvalue weighted by Crippen LogP contribution is 2.33. The number of fused-ring (bicyclic) bond motifs is 1. The van der Waals surface area contributed by atoms with Crippen LogP contribution >= 0.6 is 22.7 Å². The van der Waals surface area contributed by atoms with Crippen LogP contribution in [0.1, 0.15) is 37.3 Å². The number of allylic oxidation sites excluding steroid dienone is 1. The summed E-state index contributed by atoms with van der Waals surface area (Å²) in [5, 5.41) is 1.94. The Kier molecular flexibility index (Phi) is 6.43. The van der Waals surface area contributed by atoms with Crippen LogP contribution in [-0.2, 0) is 9.53 Å². The molecule has 1 aromatic carbocycles. The number of aromatic nitrogens is 1. The molecule has 0 radical (unpaired) electrons. The number of thiophene rings is 1. The molecule has 0 saturated carbocycles. The van der Waals surface area contributed by atoms with Gasteiger partial charge in [0.05, 0.1) is 29.5 Å². The van der Waals surface area contributed by atoms with Crippen molar-refractivity contribution in [3.05, 3.63) is 83.2 Å². The van der Waals surface area contributed by atoms with Crippen LogP contribution < -0.4 is 19.6 Å². The van der Waals surface area contributed by atoms with Crippen molar-refractivity contribution in [2.24, 2.45) is 10.9 Å². The van der Waals surface area contributed by atoms with Crippen molar-refractivity contribution in [1.29, 1.82) is 0 Å². The summed E-state index contributed by atoms with van der Waals surface area (Å²) < 4.78 is 13.0. The van der Waals surface area contributed by atoms with Gasteiger partial charge in [-0.1, -0.05) is 43.4 Å². The maximum Gasteiger partial charge on any atom is 0.338 e. The zero-order valence-corrected chi connectivity index (χ0v) is 20.0. The summed E-state index contributed by atoms with van der Waals surface area (Å²) in [6.45, 7) is 6.08. The second-order valence-corrected chi connectivity index (χ2v) is 9.85. The Morgan fingerprint density at radius 2 is 2.09 bits per heavy atom. The third kappa shape index (κ3) is 4.33. The molecule has 8 heteroatoms. The number of benzene rings is 1. The SMILES string of the molecule is COc1cccc(/C=c2/sc3n(c2=O)[C@H](c2cccs2)C(C(=O)OCC(C)C)=C(C)N=3)c1. The molecule has 1 atom stereocenters. The Bertz CT molecular complexity index is 1350. The van der Waals surface area contributed by atoms with Crippen molar-refractivity contribution in [1.82, 2.24) is 4.57 Å². The van der Waals surface area contributed by atoms with Crippen LogP contribution in [-0.4, -0.2) is 24.3 Å². The predicted octanol–water partition coefficient (Wildman–Crippen LogP) is 3.50. The molecule has 3 aromatic rings. The predicted molar refractivity (Wildman–Crippen MR) is 127 cm³/mol. The van der Waals surface area contributed by atoms with Crippen LogP contribution in [0, 0.1) is 5.92 Å². The fourth-order valence-electron chi connectivity index (χ4n) is 3.50. The number of carbonyl (C=O) groups excluding carboxylic acids is 1. The molecular weight excluding hydrogens is 444 g/mol. The smallest absolute Gasteiger partial charge is 0.338 e. The summed E-state index contributed by atoms with van der Waals surface area (Å²) in [7, 11) is 1.61. The van der Waals surface area contributed by atoms with Gasteiger partial charge in [0.2, 0.25) is 0 Å². The van der Waals surface area contributed by atoms with E-state index in [-0.39, 0.29) is 11.5 Å². The molecule has 0 saturated heterocycles. The monoisotopic (exact) mass is 468 g/mol. The maximum absolute atomic E-state index is 13.5. The minimum Gasteiger partial charge on any atom is -0.497 e. The van der Waals surface area contributed by atoms with Gasteiger partial charge >= 0.3 is 5.97 Å². The van der Waals surface area contributed by atoms with Crippen molar-refractivity contribution in [2.75, 3.05) is 13.7 Å². The number of thiazole rings is 1. The fourth-order valence-corrected chi connectivity index (χ4v) is 5.37. The molecule has 0 aliphatic carbocycles. The summed E-state index contributed by atoms with van der Waals surface area (Å²) in [6, 6.07) is 10.8. The Labute approximate surface area is 193 Å². The van der Waals surface area contributed by atoms with E-state index in [9.17, 15) is 9.59 Å². The first-order valence-electron chi connectivity index (χ1n) is 10.3. The molecule has 0 spiro atoms. The highest BCUT2D eigenvalue weighted by Gasteiger charge is 2.34. The molecule has 6 nitrogen and oxygen atoms in total. The van der Waals surface area contributed by atoms with Gasteiger partial charge in [-0.2, -0.15) is 0 Å². The topological polar surface area (TPSA) is 69.9 Å². The van der Waals surface area contributed by atoms with Gasteiger partial charge in [-0.25, -0.2) is 9.79 Å². The van der Waals surface area contributed by atoms with E-state index in [1.807, 2.05) is 61.7 Å². The first kappa shape index (κ1) is 22.2. The van der Waals surface area contributed by atoms with Gasteiger partial charge < -0.3 is 9.47 Å². The van der Waals surface area contributed by atoms with Crippen LogP contribution in [0.4, 0.5) is 0 Å². The Morgan fingerprint density at radius 3 is 2.78 bits per heavy atom. The number of carbonyl (C=O) groups is 1. The summed E-state index contributed by atoms with van der Waals surface area (Å²) in [5.74, 6) is 0.499. The van der Waals surface area contributed by atoms with E-state index in [4.69, 9.17) is 9.47 Å². The van der Waals surface area contributed by atoms with E-state index >= 15 is 0 Å². The summed E-state index contributed by atoms with van der Waals surface area (Å²) in [6.07, 6.45) is 1.83. The highest BCUT2D eigenvalue weighted by molar-refractivity contribution is 7.10. The number of ether oxygens (including phenoxy) is 2. The third-order valence-electron chi connectivity index (χ3n) is 4.99. The van der Waals surface area contributed by atoms with Crippen LogP contribution in [0.5, 0.6) is 5.75 Å². The van der Waals surface area contributed by atoms with Gasteiger partial charge in [-0.05, 0) is 48.1 Å². The number of rotatable bonds is 6. The molecule has 1 aliphatic heterocycles. The third-order valence-corrected chi connectivity index (χ3v) is 6.90. The summed E-state index contributed by atoms with van der Waals surface area (Å²) >= 11 is 2.81. The number of esters is 1. The molecule has 166 valence electrons. The van der Waals surface area contributed by atoms with Gasteiger partial charge in [-0.3, -0.25) is 9.36 Å². The normalized spacial score (nSPS) is 16.2. The molecule has 1 aliphatic rings. The molecule has 0 bridgehead atoms. The first-order valence-corrected chi connectivity index (χ1v) is 12.0. The molecule has 4 rings (SSSR count). The number of nitrogens with zero attached hydrogens (tertiary/aromatic N) is 2. The first-order chi connectivity index (χ1) is 15.4. The van der Waals surface area contributed by atoms with E-state index in [1.54, 1.807) is 18.6 Å². The maximum atomic E-state index is 13.5. The van der Waals surface area contributed by atoms with Crippen LogP contribution in [0.15, 0.2) is 62.8 Å². The van der Waals surface area contributed by atoms with Crippen LogP contribution in [0.3, 0.4) is 0 Å². The molecule has 0 fully saturated rings. The molecule has 3 heterocycles.